The van der Waals surface area contributed by atoms with Crippen LogP contribution in [-0.2, 0) is 13.0 Å². The summed E-state index contributed by atoms with van der Waals surface area (Å²) >= 11 is 0. The molecule has 0 saturated heterocycles. The molecule has 3 rings (SSSR count). The fraction of sp³-hybridized carbons (Fsp3) is 0.423. The number of aromatic carboxylic acids is 1. The van der Waals surface area contributed by atoms with E-state index in [1.54, 1.807) is 21.4 Å². The summed E-state index contributed by atoms with van der Waals surface area (Å²) in [7, 11) is 0. The lowest BCUT2D eigenvalue weighted by Gasteiger charge is -2.09. The third-order valence-electron chi connectivity index (χ3n) is 5.99. The molecule has 0 amide bonds. The fourth-order valence-electron chi connectivity index (χ4n) is 3.86. The van der Waals surface area contributed by atoms with Crippen molar-refractivity contribution in [1.29, 1.82) is 0 Å². The van der Waals surface area contributed by atoms with E-state index in [1.807, 2.05) is 43.3 Å². The molecule has 0 radical (unpaired) electrons. The van der Waals surface area contributed by atoms with E-state index in [1.165, 1.54) is 12.8 Å². The molecule has 6 nitrogen and oxygen atoms in total. The van der Waals surface area contributed by atoms with Crippen LogP contribution in [0.25, 0.3) is 11.1 Å². The molecule has 0 saturated carbocycles. The first kappa shape index (κ1) is 23.5. The van der Waals surface area contributed by atoms with Crippen LogP contribution in [0.5, 0.6) is 0 Å². The molecular weight excluding hydrogens is 402 g/mol. The maximum absolute atomic E-state index is 13.1. The van der Waals surface area contributed by atoms with Gasteiger partial charge < -0.3 is 5.11 Å². The standard InChI is InChI=1S/C26H33N3O3/c1-4-6-7-8-13-24-27-29(19(3)5-2)26(32)28(24)18-20-14-16-21(17-15-20)22-11-9-10-12-23(22)25(30)31/h9-12,14-17,19H,4-8,13,18H2,1-3H3,(H,30,31). The molecule has 0 aliphatic carbocycles. The Morgan fingerprint density at radius 3 is 2.41 bits per heavy atom. The number of nitrogens with zero attached hydrogens (tertiary/aromatic N) is 3. The van der Waals surface area contributed by atoms with E-state index in [0.717, 1.165) is 42.6 Å². The van der Waals surface area contributed by atoms with Crippen molar-refractivity contribution in [3.63, 3.8) is 0 Å². The van der Waals surface area contributed by atoms with E-state index < -0.39 is 5.97 Å². The van der Waals surface area contributed by atoms with Crippen molar-refractivity contribution in [2.45, 2.75) is 71.9 Å². The number of aryl methyl sites for hydroxylation is 1. The van der Waals surface area contributed by atoms with Crippen molar-refractivity contribution in [1.82, 2.24) is 14.3 Å². The Kier molecular flexibility index (Phi) is 8.03. The molecule has 3 aromatic rings. The third kappa shape index (κ3) is 5.36. The summed E-state index contributed by atoms with van der Waals surface area (Å²) in [6.07, 6.45) is 6.17. The monoisotopic (exact) mass is 435 g/mol. The molecule has 0 aliphatic rings. The number of hydrogen-bond donors (Lipinski definition) is 1. The van der Waals surface area contributed by atoms with Crippen molar-refractivity contribution in [3.8, 4) is 11.1 Å². The van der Waals surface area contributed by atoms with Gasteiger partial charge in [-0.2, -0.15) is 5.10 Å². The van der Waals surface area contributed by atoms with Gasteiger partial charge in [0.2, 0.25) is 0 Å². The van der Waals surface area contributed by atoms with Gasteiger partial charge >= 0.3 is 11.7 Å². The van der Waals surface area contributed by atoms with Crippen LogP contribution in [0.4, 0.5) is 0 Å². The predicted molar refractivity (Wildman–Crippen MR) is 127 cm³/mol. The number of carboxylic acids is 1. The Hall–Kier alpha value is -3.15. The third-order valence-corrected chi connectivity index (χ3v) is 5.99. The Balaban J connectivity index is 1.87. The lowest BCUT2D eigenvalue weighted by molar-refractivity contribution is 0.0697. The van der Waals surface area contributed by atoms with E-state index in [4.69, 9.17) is 0 Å². The van der Waals surface area contributed by atoms with Gasteiger partial charge in [0.15, 0.2) is 0 Å². The minimum atomic E-state index is -0.943. The van der Waals surface area contributed by atoms with E-state index in [-0.39, 0.29) is 17.3 Å². The van der Waals surface area contributed by atoms with Crippen LogP contribution in [0.2, 0.25) is 0 Å². The second-order valence-corrected chi connectivity index (χ2v) is 8.35. The van der Waals surface area contributed by atoms with Gasteiger partial charge in [-0.15, -0.1) is 0 Å². The Morgan fingerprint density at radius 2 is 1.75 bits per heavy atom. The zero-order valence-corrected chi connectivity index (χ0v) is 19.3. The number of benzene rings is 2. The topological polar surface area (TPSA) is 77.1 Å². The predicted octanol–water partition coefficient (Wildman–Crippen LogP) is 5.55. The highest BCUT2D eigenvalue weighted by molar-refractivity contribution is 5.95. The van der Waals surface area contributed by atoms with E-state index in [0.29, 0.717) is 12.1 Å². The highest BCUT2D eigenvalue weighted by Gasteiger charge is 2.17. The molecule has 0 fully saturated rings. The van der Waals surface area contributed by atoms with Gasteiger partial charge in [0.05, 0.1) is 18.2 Å². The summed E-state index contributed by atoms with van der Waals surface area (Å²) in [5.74, 6) is -0.104. The van der Waals surface area contributed by atoms with Crippen LogP contribution < -0.4 is 5.69 Å². The molecule has 2 aromatic carbocycles. The van der Waals surface area contributed by atoms with Gasteiger partial charge in [0.1, 0.15) is 5.82 Å². The molecule has 1 N–H and O–H groups in total. The second kappa shape index (κ2) is 10.9. The highest BCUT2D eigenvalue weighted by Crippen LogP contribution is 2.24. The van der Waals surface area contributed by atoms with Crippen LogP contribution >= 0.6 is 0 Å². The van der Waals surface area contributed by atoms with Crippen molar-refractivity contribution < 1.29 is 9.90 Å². The normalized spacial score (nSPS) is 12.1. The zero-order valence-electron chi connectivity index (χ0n) is 19.3. The quantitative estimate of drug-likeness (QED) is 0.401. The molecule has 1 unspecified atom stereocenters. The first-order valence-corrected chi connectivity index (χ1v) is 11.6. The van der Waals surface area contributed by atoms with Crippen molar-refractivity contribution >= 4 is 5.97 Å². The molecule has 32 heavy (non-hydrogen) atoms. The number of carboxylic acid groups (broad SMARTS) is 1. The van der Waals surface area contributed by atoms with Crippen LogP contribution in [0.3, 0.4) is 0 Å². The minimum absolute atomic E-state index is 0.0630. The number of rotatable bonds is 11. The summed E-state index contributed by atoms with van der Waals surface area (Å²) in [5.41, 5.74) is 2.73. The number of unbranched alkanes of at least 4 members (excludes halogenated alkanes) is 3. The van der Waals surface area contributed by atoms with Gasteiger partial charge in [-0.05, 0) is 42.5 Å². The SMILES string of the molecule is CCCCCCc1nn(C(C)CC)c(=O)n1Cc1ccc(-c2ccccc2C(=O)O)cc1. The van der Waals surface area contributed by atoms with Gasteiger partial charge in [0, 0.05) is 6.42 Å². The van der Waals surface area contributed by atoms with Gasteiger partial charge in [0.25, 0.3) is 0 Å². The van der Waals surface area contributed by atoms with Gasteiger partial charge in [-0.25, -0.2) is 14.3 Å². The second-order valence-electron chi connectivity index (χ2n) is 8.35. The molecule has 170 valence electrons. The zero-order chi connectivity index (χ0) is 23.1. The molecule has 0 spiro atoms. The molecular formula is C26H33N3O3. The largest absolute Gasteiger partial charge is 0.478 e. The van der Waals surface area contributed by atoms with E-state index >= 15 is 0 Å². The molecule has 0 bridgehead atoms. The summed E-state index contributed by atoms with van der Waals surface area (Å²) in [6, 6.07) is 14.8. The lowest BCUT2D eigenvalue weighted by Crippen LogP contribution is -2.27. The number of carbonyl (C=O) groups is 1. The maximum atomic E-state index is 13.1. The first-order chi connectivity index (χ1) is 15.5. The first-order valence-electron chi connectivity index (χ1n) is 11.6. The van der Waals surface area contributed by atoms with Crippen molar-refractivity contribution in [3.05, 3.63) is 76.0 Å². The lowest BCUT2D eigenvalue weighted by atomic mass is 9.99. The minimum Gasteiger partial charge on any atom is -0.478 e. The average molecular weight is 436 g/mol. The molecule has 1 heterocycles. The van der Waals surface area contributed by atoms with Gasteiger partial charge in [-0.1, -0.05) is 75.6 Å². The average Bonchev–Trinajstić information content (AvgIpc) is 3.12. The van der Waals surface area contributed by atoms with E-state index in [2.05, 4.69) is 18.9 Å². The van der Waals surface area contributed by atoms with Gasteiger partial charge in [-0.3, -0.25) is 4.57 Å². The highest BCUT2D eigenvalue weighted by atomic mass is 16.4. The molecule has 0 aliphatic heterocycles. The van der Waals surface area contributed by atoms with Crippen LogP contribution in [0.1, 0.15) is 80.7 Å². The maximum Gasteiger partial charge on any atom is 0.346 e. The number of aromatic nitrogens is 3. The molecule has 6 heteroatoms. The van der Waals surface area contributed by atoms with Crippen molar-refractivity contribution in [2.24, 2.45) is 0 Å². The molecule has 1 aromatic heterocycles. The Bertz CT molecular complexity index is 1100. The van der Waals surface area contributed by atoms with Crippen LogP contribution in [-0.4, -0.2) is 25.4 Å². The summed E-state index contributed by atoms with van der Waals surface area (Å²) < 4.78 is 3.41. The molecule has 1 atom stereocenters. The smallest absolute Gasteiger partial charge is 0.346 e. The summed E-state index contributed by atoms with van der Waals surface area (Å²) in [6.45, 7) is 6.73. The Labute approximate surface area is 189 Å². The Morgan fingerprint density at radius 1 is 1.03 bits per heavy atom. The van der Waals surface area contributed by atoms with E-state index in [9.17, 15) is 14.7 Å². The summed E-state index contributed by atoms with van der Waals surface area (Å²) in [5, 5.41) is 14.1. The van der Waals surface area contributed by atoms with Crippen LogP contribution in [0, 0.1) is 0 Å². The van der Waals surface area contributed by atoms with Crippen molar-refractivity contribution in [2.75, 3.05) is 0 Å². The number of hydrogen-bond acceptors (Lipinski definition) is 3. The fourth-order valence-corrected chi connectivity index (χ4v) is 3.86. The van der Waals surface area contributed by atoms with Crippen LogP contribution in [0.15, 0.2) is 53.3 Å². The summed E-state index contributed by atoms with van der Waals surface area (Å²) in [4.78, 5) is 24.6.